The summed E-state index contributed by atoms with van der Waals surface area (Å²) in [5.74, 6) is 0.383. The molecule has 0 atom stereocenters. The standard InChI is InChI=1S/C15H13ClN2O3S/c16-14-10-11(18(20)21)6-7-13(14)15(19)17-8-9-22-12-4-2-1-3-5-12/h1-7,10H,8-9H2,(H,17,19). The second-order valence-corrected chi connectivity index (χ2v) is 5.91. The van der Waals surface area contributed by atoms with Gasteiger partial charge in [-0.2, -0.15) is 0 Å². The number of carbonyl (C=O) groups excluding carboxylic acids is 1. The Hall–Kier alpha value is -2.05. The molecule has 0 saturated carbocycles. The van der Waals surface area contributed by atoms with Gasteiger partial charge in [0.25, 0.3) is 11.6 Å². The molecule has 0 aromatic heterocycles. The minimum absolute atomic E-state index is 0.0717. The van der Waals surface area contributed by atoms with Crippen LogP contribution in [0.1, 0.15) is 10.4 Å². The molecule has 7 heteroatoms. The number of nitrogens with one attached hydrogen (secondary N) is 1. The van der Waals surface area contributed by atoms with Crippen LogP contribution in [0.5, 0.6) is 0 Å². The fourth-order valence-corrected chi connectivity index (χ4v) is 2.80. The van der Waals surface area contributed by atoms with E-state index < -0.39 is 4.92 Å². The van der Waals surface area contributed by atoms with Crippen LogP contribution in [0.25, 0.3) is 0 Å². The van der Waals surface area contributed by atoms with Crippen molar-refractivity contribution >= 4 is 35.0 Å². The topological polar surface area (TPSA) is 72.2 Å². The first kappa shape index (κ1) is 16.3. The molecule has 0 spiro atoms. The van der Waals surface area contributed by atoms with Crippen LogP contribution in [0.15, 0.2) is 53.4 Å². The molecule has 2 rings (SSSR count). The van der Waals surface area contributed by atoms with E-state index in [1.54, 1.807) is 11.8 Å². The molecule has 5 nitrogen and oxygen atoms in total. The third-order valence-electron chi connectivity index (χ3n) is 2.81. The molecule has 0 aliphatic rings. The summed E-state index contributed by atoms with van der Waals surface area (Å²) in [6.07, 6.45) is 0. The highest BCUT2D eigenvalue weighted by atomic mass is 35.5. The minimum atomic E-state index is -0.552. The van der Waals surface area contributed by atoms with Crippen molar-refractivity contribution in [2.24, 2.45) is 0 Å². The Labute approximate surface area is 136 Å². The van der Waals surface area contributed by atoms with Crippen LogP contribution < -0.4 is 5.32 Å². The van der Waals surface area contributed by atoms with Crippen molar-refractivity contribution in [3.63, 3.8) is 0 Å². The molecule has 0 saturated heterocycles. The van der Waals surface area contributed by atoms with Crippen LogP contribution >= 0.6 is 23.4 Å². The van der Waals surface area contributed by atoms with E-state index in [2.05, 4.69) is 5.32 Å². The van der Waals surface area contributed by atoms with Crippen molar-refractivity contribution in [1.82, 2.24) is 5.32 Å². The molecule has 0 heterocycles. The van der Waals surface area contributed by atoms with E-state index in [9.17, 15) is 14.9 Å². The summed E-state index contributed by atoms with van der Waals surface area (Å²) in [6.45, 7) is 0.478. The van der Waals surface area contributed by atoms with Gasteiger partial charge in [-0.3, -0.25) is 14.9 Å². The Bertz CT molecular complexity index is 680. The molecule has 2 aromatic carbocycles. The second-order valence-electron chi connectivity index (χ2n) is 4.34. The van der Waals surface area contributed by atoms with E-state index in [-0.39, 0.29) is 22.2 Å². The van der Waals surface area contributed by atoms with Crippen LogP contribution in [0.2, 0.25) is 5.02 Å². The van der Waals surface area contributed by atoms with Gasteiger partial charge < -0.3 is 5.32 Å². The third-order valence-corrected chi connectivity index (χ3v) is 4.13. The van der Waals surface area contributed by atoms with Gasteiger partial charge >= 0.3 is 0 Å². The zero-order chi connectivity index (χ0) is 15.9. The average molecular weight is 337 g/mol. The summed E-state index contributed by atoms with van der Waals surface area (Å²) in [7, 11) is 0. The lowest BCUT2D eigenvalue weighted by Gasteiger charge is -2.06. The van der Waals surface area contributed by atoms with Crippen molar-refractivity contribution in [2.75, 3.05) is 12.3 Å². The summed E-state index contributed by atoms with van der Waals surface area (Å²) in [5, 5.41) is 13.4. The maximum Gasteiger partial charge on any atom is 0.270 e. The number of amides is 1. The lowest BCUT2D eigenvalue weighted by atomic mass is 10.2. The molecule has 0 unspecified atom stereocenters. The summed E-state index contributed by atoms with van der Waals surface area (Å²) < 4.78 is 0. The number of thioether (sulfide) groups is 1. The Kier molecular flexibility index (Phi) is 5.80. The number of rotatable bonds is 6. The van der Waals surface area contributed by atoms with E-state index in [1.807, 2.05) is 30.3 Å². The highest BCUT2D eigenvalue weighted by Crippen LogP contribution is 2.22. The van der Waals surface area contributed by atoms with Crippen LogP contribution in [-0.4, -0.2) is 23.1 Å². The Morgan fingerprint density at radius 2 is 1.95 bits per heavy atom. The molecule has 0 bridgehead atoms. The zero-order valence-electron chi connectivity index (χ0n) is 11.5. The van der Waals surface area contributed by atoms with Crippen LogP contribution in [0.3, 0.4) is 0 Å². The smallest absolute Gasteiger partial charge is 0.270 e. The summed E-state index contributed by atoms with van der Waals surface area (Å²) in [6, 6.07) is 13.7. The van der Waals surface area contributed by atoms with Crippen LogP contribution in [0, 0.1) is 10.1 Å². The lowest BCUT2D eigenvalue weighted by molar-refractivity contribution is -0.384. The van der Waals surface area contributed by atoms with Gasteiger partial charge in [0.2, 0.25) is 0 Å². The van der Waals surface area contributed by atoms with Crippen molar-refractivity contribution < 1.29 is 9.72 Å². The lowest BCUT2D eigenvalue weighted by Crippen LogP contribution is -2.26. The van der Waals surface area contributed by atoms with E-state index in [4.69, 9.17) is 11.6 Å². The van der Waals surface area contributed by atoms with Gasteiger partial charge in [-0.05, 0) is 18.2 Å². The number of nitro groups is 1. The first-order valence-electron chi connectivity index (χ1n) is 6.48. The van der Waals surface area contributed by atoms with Crippen LogP contribution in [-0.2, 0) is 0 Å². The van der Waals surface area contributed by atoms with Crippen molar-refractivity contribution in [2.45, 2.75) is 4.90 Å². The van der Waals surface area contributed by atoms with Crippen molar-refractivity contribution in [1.29, 1.82) is 0 Å². The number of nitrogens with zero attached hydrogens (tertiary/aromatic N) is 1. The Balaban J connectivity index is 1.86. The third kappa shape index (κ3) is 4.47. The fourth-order valence-electron chi connectivity index (χ4n) is 1.75. The maximum atomic E-state index is 12.0. The largest absolute Gasteiger partial charge is 0.351 e. The highest BCUT2D eigenvalue weighted by Gasteiger charge is 2.14. The predicted octanol–water partition coefficient (Wildman–Crippen LogP) is 3.77. The molecule has 0 aliphatic heterocycles. The molecule has 1 N–H and O–H groups in total. The molecule has 22 heavy (non-hydrogen) atoms. The molecule has 0 radical (unpaired) electrons. The number of non-ortho nitro benzene ring substituents is 1. The van der Waals surface area contributed by atoms with Gasteiger partial charge in [0, 0.05) is 29.3 Å². The molecular weight excluding hydrogens is 324 g/mol. The quantitative estimate of drug-likeness (QED) is 0.377. The summed E-state index contributed by atoms with van der Waals surface area (Å²) >= 11 is 7.54. The average Bonchev–Trinajstić information content (AvgIpc) is 2.52. The molecule has 0 aliphatic carbocycles. The Morgan fingerprint density at radius 3 is 2.59 bits per heavy atom. The molecular formula is C15H13ClN2O3S. The monoisotopic (exact) mass is 336 g/mol. The fraction of sp³-hybridized carbons (Fsp3) is 0.133. The second kappa shape index (κ2) is 7.82. The predicted molar refractivity (Wildman–Crippen MR) is 87.6 cm³/mol. The van der Waals surface area contributed by atoms with Gasteiger partial charge in [-0.1, -0.05) is 29.8 Å². The van der Waals surface area contributed by atoms with Gasteiger partial charge in [0.15, 0.2) is 0 Å². The highest BCUT2D eigenvalue weighted by molar-refractivity contribution is 7.99. The van der Waals surface area contributed by atoms with Crippen molar-refractivity contribution in [3.05, 3.63) is 69.2 Å². The van der Waals surface area contributed by atoms with Crippen LogP contribution in [0.4, 0.5) is 5.69 Å². The summed E-state index contributed by atoms with van der Waals surface area (Å²) in [4.78, 5) is 23.2. The number of hydrogen-bond acceptors (Lipinski definition) is 4. The molecule has 1 amide bonds. The normalized spacial score (nSPS) is 10.2. The number of halogens is 1. The van der Waals surface area contributed by atoms with E-state index >= 15 is 0 Å². The summed E-state index contributed by atoms with van der Waals surface area (Å²) in [5.41, 5.74) is 0.0955. The molecule has 2 aromatic rings. The number of hydrogen-bond donors (Lipinski definition) is 1. The molecule has 0 fully saturated rings. The van der Waals surface area contributed by atoms with Crippen molar-refractivity contribution in [3.8, 4) is 0 Å². The maximum absolute atomic E-state index is 12.0. The van der Waals surface area contributed by atoms with Gasteiger partial charge in [0.1, 0.15) is 0 Å². The van der Waals surface area contributed by atoms with E-state index in [1.165, 1.54) is 18.2 Å². The Morgan fingerprint density at radius 1 is 1.23 bits per heavy atom. The SMILES string of the molecule is O=C(NCCSc1ccccc1)c1ccc([N+](=O)[O-])cc1Cl. The number of benzene rings is 2. The number of nitro benzene ring substituents is 1. The van der Waals surface area contributed by atoms with Gasteiger partial charge in [-0.15, -0.1) is 11.8 Å². The van der Waals surface area contributed by atoms with E-state index in [0.717, 1.165) is 10.6 Å². The first-order valence-corrected chi connectivity index (χ1v) is 7.84. The number of carbonyl (C=O) groups is 1. The first-order chi connectivity index (χ1) is 10.6. The van der Waals surface area contributed by atoms with Gasteiger partial charge in [0.05, 0.1) is 15.5 Å². The minimum Gasteiger partial charge on any atom is -0.351 e. The van der Waals surface area contributed by atoms with E-state index in [0.29, 0.717) is 6.54 Å². The van der Waals surface area contributed by atoms with Gasteiger partial charge in [-0.25, -0.2) is 0 Å². The zero-order valence-corrected chi connectivity index (χ0v) is 13.1. The molecule has 114 valence electrons.